The summed E-state index contributed by atoms with van der Waals surface area (Å²) in [5, 5.41) is 2.90. The third-order valence-corrected chi connectivity index (χ3v) is 6.93. The lowest BCUT2D eigenvalue weighted by Crippen LogP contribution is -2.50. The number of benzene rings is 2. The number of aryl methyl sites for hydroxylation is 2. The molecule has 0 spiro atoms. The third-order valence-electron chi connectivity index (χ3n) is 6.93. The van der Waals surface area contributed by atoms with E-state index in [-0.39, 0.29) is 23.1 Å². The predicted octanol–water partition coefficient (Wildman–Crippen LogP) is 3.37. The maximum atomic E-state index is 13.6. The highest BCUT2D eigenvalue weighted by Gasteiger charge is 2.29. The zero-order valence-electron chi connectivity index (χ0n) is 20.9. The predicted molar refractivity (Wildman–Crippen MR) is 141 cm³/mol. The molecule has 2 aliphatic rings. The fourth-order valence-electron chi connectivity index (χ4n) is 4.80. The summed E-state index contributed by atoms with van der Waals surface area (Å²) in [5.41, 5.74) is 4.22. The number of piperazine rings is 1. The number of pyridine rings is 1. The van der Waals surface area contributed by atoms with E-state index in [2.05, 4.69) is 42.3 Å². The van der Waals surface area contributed by atoms with Gasteiger partial charge in [0.1, 0.15) is 11.1 Å². The van der Waals surface area contributed by atoms with E-state index in [1.807, 2.05) is 30.3 Å². The first-order chi connectivity index (χ1) is 17.4. The molecule has 7 heteroatoms. The Morgan fingerprint density at radius 2 is 1.61 bits per heavy atom. The van der Waals surface area contributed by atoms with E-state index in [1.165, 1.54) is 16.8 Å². The van der Waals surface area contributed by atoms with Crippen LogP contribution in [0.1, 0.15) is 50.2 Å². The van der Waals surface area contributed by atoms with E-state index in [1.54, 1.807) is 21.9 Å². The minimum Gasteiger partial charge on any atom is -0.368 e. The molecule has 1 N–H and O–H groups in total. The highest BCUT2D eigenvalue weighted by Crippen LogP contribution is 2.23. The minimum absolute atomic E-state index is 0.0256. The molecule has 186 valence electrons. The van der Waals surface area contributed by atoms with Gasteiger partial charge in [0.05, 0.1) is 0 Å². The molecule has 0 radical (unpaired) electrons. The Kier molecular flexibility index (Phi) is 6.63. The van der Waals surface area contributed by atoms with Crippen molar-refractivity contribution in [1.29, 1.82) is 0 Å². The maximum Gasteiger partial charge on any atom is 0.259 e. The van der Waals surface area contributed by atoms with Crippen LogP contribution in [-0.2, 0) is 6.54 Å². The first kappa shape index (κ1) is 23.9. The fourth-order valence-corrected chi connectivity index (χ4v) is 4.80. The molecule has 0 unspecified atom stereocenters. The number of hydrogen-bond acceptors (Lipinski definition) is 4. The lowest BCUT2D eigenvalue weighted by Gasteiger charge is -2.37. The van der Waals surface area contributed by atoms with Gasteiger partial charge in [0.2, 0.25) is 5.43 Å². The standard InChI is InChI=1S/C29H32N4O3/c1-20-8-11-26(21(2)16-20)32-12-14-33(15-13-32)29(36)25-19-31(17-22-6-4-3-5-7-22)18-24(27(25)34)28(35)30-23-9-10-23/h3-8,11,16,18-19,23H,9-10,12-15,17H2,1-2H3,(H,30,35). The average Bonchev–Trinajstić information content (AvgIpc) is 3.69. The van der Waals surface area contributed by atoms with Crippen LogP contribution in [0.3, 0.4) is 0 Å². The molecule has 2 amide bonds. The van der Waals surface area contributed by atoms with Crippen LogP contribution in [0, 0.1) is 13.8 Å². The second-order valence-electron chi connectivity index (χ2n) is 9.89. The smallest absolute Gasteiger partial charge is 0.259 e. The second-order valence-corrected chi connectivity index (χ2v) is 9.89. The van der Waals surface area contributed by atoms with Crippen LogP contribution in [0.25, 0.3) is 0 Å². The molecule has 1 saturated heterocycles. The van der Waals surface area contributed by atoms with Gasteiger partial charge in [0.25, 0.3) is 11.8 Å². The molecule has 2 aromatic carbocycles. The number of aromatic nitrogens is 1. The number of rotatable bonds is 6. The first-order valence-electron chi connectivity index (χ1n) is 12.6. The summed E-state index contributed by atoms with van der Waals surface area (Å²) >= 11 is 0. The van der Waals surface area contributed by atoms with E-state index in [9.17, 15) is 14.4 Å². The number of carbonyl (C=O) groups excluding carboxylic acids is 2. The van der Waals surface area contributed by atoms with Gasteiger partial charge >= 0.3 is 0 Å². The summed E-state index contributed by atoms with van der Waals surface area (Å²) < 4.78 is 1.78. The molecule has 1 aliphatic carbocycles. The lowest BCUT2D eigenvalue weighted by molar-refractivity contribution is 0.0744. The molecule has 0 atom stereocenters. The summed E-state index contributed by atoms with van der Waals surface area (Å²) in [7, 11) is 0. The van der Waals surface area contributed by atoms with Crippen molar-refractivity contribution >= 4 is 17.5 Å². The Hall–Kier alpha value is -3.87. The molecular weight excluding hydrogens is 452 g/mol. The van der Waals surface area contributed by atoms with Crippen molar-refractivity contribution in [2.75, 3.05) is 31.1 Å². The zero-order chi connectivity index (χ0) is 25.2. The Bertz CT molecular complexity index is 1340. The van der Waals surface area contributed by atoms with Gasteiger partial charge in [-0.1, -0.05) is 48.0 Å². The quantitative estimate of drug-likeness (QED) is 0.582. The van der Waals surface area contributed by atoms with E-state index in [4.69, 9.17) is 0 Å². The van der Waals surface area contributed by atoms with Gasteiger partial charge in [-0.3, -0.25) is 14.4 Å². The average molecular weight is 485 g/mol. The number of amides is 2. The van der Waals surface area contributed by atoms with Gasteiger partial charge in [-0.2, -0.15) is 0 Å². The number of nitrogens with one attached hydrogen (secondary N) is 1. The topological polar surface area (TPSA) is 74.7 Å². The molecule has 36 heavy (non-hydrogen) atoms. The van der Waals surface area contributed by atoms with Crippen LogP contribution in [0.5, 0.6) is 0 Å². The van der Waals surface area contributed by atoms with E-state index in [0.29, 0.717) is 32.7 Å². The Morgan fingerprint density at radius 1 is 0.917 bits per heavy atom. The molecule has 1 aromatic heterocycles. The fraction of sp³-hybridized carbons (Fsp3) is 0.345. The van der Waals surface area contributed by atoms with Crippen LogP contribution in [0.15, 0.2) is 65.7 Å². The van der Waals surface area contributed by atoms with Crippen LogP contribution >= 0.6 is 0 Å². The molecule has 0 bridgehead atoms. The largest absolute Gasteiger partial charge is 0.368 e. The summed E-state index contributed by atoms with van der Waals surface area (Å²) in [4.78, 5) is 43.8. The highest BCUT2D eigenvalue weighted by atomic mass is 16.2. The van der Waals surface area contributed by atoms with Gasteiger partial charge in [0, 0.05) is 56.8 Å². The van der Waals surface area contributed by atoms with Crippen LogP contribution < -0.4 is 15.6 Å². The summed E-state index contributed by atoms with van der Waals surface area (Å²) in [6.07, 6.45) is 5.02. The molecule has 3 aromatic rings. The lowest BCUT2D eigenvalue weighted by atomic mass is 10.1. The van der Waals surface area contributed by atoms with E-state index >= 15 is 0 Å². The number of anilines is 1. The van der Waals surface area contributed by atoms with E-state index < -0.39 is 11.3 Å². The first-order valence-corrected chi connectivity index (χ1v) is 12.6. The van der Waals surface area contributed by atoms with Crippen LogP contribution in [0.2, 0.25) is 0 Å². The molecule has 1 aliphatic heterocycles. The van der Waals surface area contributed by atoms with Crippen molar-refractivity contribution < 1.29 is 9.59 Å². The monoisotopic (exact) mass is 484 g/mol. The number of hydrogen-bond donors (Lipinski definition) is 1. The molecule has 2 heterocycles. The molecule has 5 rings (SSSR count). The number of carbonyl (C=O) groups is 2. The van der Waals surface area contributed by atoms with Crippen molar-refractivity contribution in [3.63, 3.8) is 0 Å². The summed E-state index contributed by atoms with van der Waals surface area (Å²) in [5.74, 6) is -0.721. The third kappa shape index (κ3) is 5.20. The van der Waals surface area contributed by atoms with E-state index in [0.717, 1.165) is 18.4 Å². The van der Waals surface area contributed by atoms with Crippen molar-refractivity contribution in [2.45, 2.75) is 39.3 Å². The zero-order valence-corrected chi connectivity index (χ0v) is 20.9. The normalized spacial score (nSPS) is 15.6. The number of nitrogens with zero attached hydrogens (tertiary/aromatic N) is 3. The molecule has 7 nitrogen and oxygen atoms in total. The van der Waals surface area contributed by atoms with Gasteiger partial charge < -0.3 is 19.7 Å². The highest BCUT2D eigenvalue weighted by molar-refractivity contribution is 5.99. The summed E-state index contributed by atoms with van der Waals surface area (Å²) in [6.45, 7) is 7.06. The van der Waals surface area contributed by atoms with Gasteiger partial charge in [-0.05, 0) is 43.9 Å². The maximum absolute atomic E-state index is 13.6. The second kappa shape index (κ2) is 10.0. The minimum atomic E-state index is -0.501. The summed E-state index contributed by atoms with van der Waals surface area (Å²) in [6, 6.07) is 16.3. The Balaban J connectivity index is 1.39. The Labute approximate surface area is 211 Å². The van der Waals surface area contributed by atoms with Crippen LogP contribution in [-0.4, -0.2) is 53.5 Å². The van der Waals surface area contributed by atoms with Gasteiger partial charge in [-0.15, -0.1) is 0 Å². The Morgan fingerprint density at radius 3 is 2.28 bits per heavy atom. The molecule has 1 saturated carbocycles. The van der Waals surface area contributed by atoms with Gasteiger partial charge in [0.15, 0.2) is 0 Å². The molecular formula is C29H32N4O3. The van der Waals surface area contributed by atoms with Crippen molar-refractivity contribution in [2.24, 2.45) is 0 Å². The van der Waals surface area contributed by atoms with Crippen molar-refractivity contribution in [3.05, 3.63) is 99.0 Å². The SMILES string of the molecule is Cc1ccc(N2CCN(C(=O)c3cn(Cc4ccccc4)cc(C(=O)NC4CC4)c3=O)CC2)c(C)c1. The molecule has 2 fully saturated rings. The van der Waals surface area contributed by atoms with Crippen molar-refractivity contribution in [1.82, 2.24) is 14.8 Å². The van der Waals surface area contributed by atoms with Gasteiger partial charge in [-0.25, -0.2) is 0 Å². The van der Waals surface area contributed by atoms with Crippen molar-refractivity contribution in [3.8, 4) is 0 Å². The van der Waals surface area contributed by atoms with Crippen LogP contribution in [0.4, 0.5) is 5.69 Å².